The zero-order chi connectivity index (χ0) is 10.9. The van der Waals surface area contributed by atoms with Gasteiger partial charge in [-0.1, -0.05) is 33.8 Å². The molecular weight excluding hydrogens is 211 g/mol. The van der Waals surface area contributed by atoms with Crippen molar-refractivity contribution < 1.29 is 23.7 Å². The van der Waals surface area contributed by atoms with E-state index in [9.17, 15) is 0 Å². The topological polar surface area (TPSA) is 20.2 Å². The van der Waals surface area contributed by atoms with E-state index in [4.69, 9.17) is 5.11 Å². The Morgan fingerprint density at radius 3 is 1.57 bits per heavy atom. The molecule has 0 atom stereocenters. The first-order chi connectivity index (χ1) is 6.20. The van der Waals surface area contributed by atoms with Gasteiger partial charge in [-0.2, -0.15) is 0 Å². The third kappa shape index (κ3) is 8.21. The summed E-state index contributed by atoms with van der Waals surface area (Å²) >= 11 is 0. The van der Waals surface area contributed by atoms with E-state index in [1.54, 1.807) is 12.1 Å². The standard InChI is InChI=1S/C8H10O.2C2H6.V/c1-6-3-4-8(9)5-7(6)2;2*1-2;/h3-5,9H,1-2H3;2*1-2H3;. The van der Waals surface area contributed by atoms with Crippen LogP contribution < -0.4 is 0 Å². The van der Waals surface area contributed by atoms with Gasteiger partial charge in [0.25, 0.3) is 0 Å². The minimum Gasteiger partial charge on any atom is -0.508 e. The number of phenolic OH excluding ortho intramolecular Hbond substituents is 1. The molecule has 0 aliphatic rings. The molecule has 0 heterocycles. The largest absolute Gasteiger partial charge is 0.508 e. The van der Waals surface area contributed by atoms with Crippen LogP contribution in [0.2, 0.25) is 0 Å². The van der Waals surface area contributed by atoms with Crippen molar-refractivity contribution in [2.24, 2.45) is 0 Å². The Morgan fingerprint density at radius 1 is 0.857 bits per heavy atom. The summed E-state index contributed by atoms with van der Waals surface area (Å²) in [5.41, 5.74) is 2.35. The summed E-state index contributed by atoms with van der Waals surface area (Å²) < 4.78 is 0. The second-order valence-corrected chi connectivity index (χ2v) is 2.27. The SMILES string of the molecule is CC.CC.Cc1ccc(O)cc1C.[V]. The van der Waals surface area contributed by atoms with Crippen molar-refractivity contribution >= 4 is 0 Å². The van der Waals surface area contributed by atoms with Crippen LogP contribution in [-0.2, 0) is 18.6 Å². The number of phenols is 1. The van der Waals surface area contributed by atoms with Gasteiger partial charge in [-0.3, -0.25) is 0 Å². The van der Waals surface area contributed by atoms with Crippen LogP contribution >= 0.6 is 0 Å². The molecule has 0 saturated carbocycles. The summed E-state index contributed by atoms with van der Waals surface area (Å²) in [5.74, 6) is 0.345. The monoisotopic (exact) mass is 233 g/mol. The zero-order valence-corrected chi connectivity index (χ0v) is 11.5. The fourth-order valence-corrected chi connectivity index (χ4v) is 0.726. The van der Waals surface area contributed by atoms with Gasteiger partial charge in [0.1, 0.15) is 5.75 Å². The molecule has 0 aliphatic heterocycles. The molecule has 1 nitrogen and oxygen atoms in total. The fourth-order valence-electron chi connectivity index (χ4n) is 0.726. The number of rotatable bonds is 0. The molecule has 0 spiro atoms. The van der Waals surface area contributed by atoms with Crippen molar-refractivity contribution in [2.45, 2.75) is 41.5 Å². The number of aryl methyl sites for hydroxylation is 2. The molecule has 1 N–H and O–H groups in total. The third-order valence-electron chi connectivity index (χ3n) is 1.49. The van der Waals surface area contributed by atoms with E-state index in [1.807, 2.05) is 47.6 Å². The van der Waals surface area contributed by atoms with Crippen molar-refractivity contribution in [1.82, 2.24) is 0 Å². The van der Waals surface area contributed by atoms with Crippen LogP contribution in [-0.4, -0.2) is 5.11 Å². The summed E-state index contributed by atoms with van der Waals surface area (Å²) in [5, 5.41) is 8.94. The van der Waals surface area contributed by atoms with Gasteiger partial charge in [0, 0.05) is 18.6 Å². The number of aromatic hydroxyl groups is 1. The maximum atomic E-state index is 8.94. The van der Waals surface area contributed by atoms with Gasteiger partial charge in [0.05, 0.1) is 0 Å². The summed E-state index contributed by atoms with van der Waals surface area (Å²) in [7, 11) is 0. The average molecular weight is 233 g/mol. The first-order valence-corrected chi connectivity index (χ1v) is 4.96. The van der Waals surface area contributed by atoms with Crippen LogP contribution in [0, 0.1) is 13.8 Å². The molecule has 81 valence electrons. The normalized spacial score (nSPS) is 7.00. The van der Waals surface area contributed by atoms with E-state index in [1.165, 1.54) is 5.56 Å². The molecule has 0 unspecified atom stereocenters. The Balaban J connectivity index is -0.000000216. The molecule has 1 radical (unpaired) electrons. The summed E-state index contributed by atoms with van der Waals surface area (Å²) in [6.45, 7) is 12.0. The first kappa shape index (κ1) is 19.2. The second kappa shape index (κ2) is 12.6. The summed E-state index contributed by atoms with van der Waals surface area (Å²) in [4.78, 5) is 0. The molecular formula is C12H22OV. The van der Waals surface area contributed by atoms with Gasteiger partial charge < -0.3 is 5.11 Å². The first-order valence-electron chi connectivity index (χ1n) is 4.96. The van der Waals surface area contributed by atoms with Crippen molar-refractivity contribution in [3.63, 3.8) is 0 Å². The van der Waals surface area contributed by atoms with E-state index in [0.717, 1.165) is 5.56 Å². The molecule has 1 aromatic carbocycles. The Bertz CT molecular complexity index is 222. The Morgan fingerprint density at radius 2 is 1.29 bits per heavy atom. The van der Waals surface area contributed by atoms with Crippen LogP contribution in [0.25, 0.3) is 0 Å². The molecule has 0 fully saturated rings. The van der Waals surface area contributed by atoms with Gasteiger partial charge in [-0.15, -0.1) is 0 Å². The quantitative estimate of drug-likeness (QED) is 0.716. The average Bonchev–Trinajstić information content (AvgIpc) is 2.18. The molecule has 1 aromatic rings. The van der Waals surface area contributed by atoms with E-state index in [-0.39, 0.29) is 18.6 Å². The maximum Gasteiger partial charge on any atom is 0.115 e. The van der Waals surface area contributed by atoms with Crippen molar-refractivity contribution in [3.8, 4) is 5.75 Å². The van der Waals surface area contributed by atoms with Crippen LogP contribution in [0.4, 0.5) is 0 Å². The fraction of sp³-hybridized carbons (Fsp3) is 0.500. The molecule has 0 saturated heterocycles. The van der Waals surface area contributed by atoms with Gasteiger partial charge in [-0.05, 0) is 37.1 Å². The molecule has 0 amide bonds. The van der Waals surface area contributed by atoms with Crippen molar-refractivity contribution in [2.75, 3.05) is 0 Å². The van der Waals surface area contributed by atoms with E-state index >= 15 is 0 Å². The molecule has 0 bridgehead atoms. The van der Waals surface area contributed by atoms with Gasteiger partial charge >= 0.3 is 0 Å². The van der Waals surface area contributed by atoms with Crippen LogP contribution in [0.1, 0.15) is 38.8 Å². The van der Waals surface area contributed by atoms with Crippen LogP contribution in [0.3, 0.4) is 0 Å². The third-order valence-corrected chi connectivity index (χ3v) is 1.49. The minimum atomic E-state index is 0. The van der Waals surface area contributed by atoms with Crippen LogP contribution in [0.5, 0.6) is 5.75 Å². The van der Waals surface area contributed by atoms with Crippen molar-refractivity contribution in [1.29, 1.82) is 0 Å². The van der Waals surface area contributed by atoms with E-state index < -0.39 is 0 Å². The predicted molar refractivity (Wildman–Crippen MR) is 60.3 cm³/mol. The Hall–Kier alpha value is -0.396. The molecule has 1 rings (SSSR count). The molecule has 2 heteroatoms. The zero-order valence-electron chi connectivity index (χ0n) is 10.1. The van der Waals surface area contributed by atoms with E-state index in [2.05, 4.69) is 0 Å². The second-order valence-electron chi connectivity index (χ2n) is 2.27. The minimum absolute atomic E-state index is 0. The van der Waals surface area contributed by atoms with E-state index in [0.29, 0.717) is 5.75 Å². The van der Waals surface area contributed by atoms with Gasteiger partial charge in [0.2, 0.25) is 0 Å². The number of hydrogen-bond acceptors (Lipinski definition) is 1. The Kier molecular flexibility index (Phi) is 17.3. The molecule has 0 aromatic heterocycles. The number of benzene rings is 1. The number of hydrogen-bond donors (Lipinski definition) is 1. The molecule has 14 heavy (non-hydrogen) atoms. The summed E-state index contributed by atoms with van der Waals surface area (Å²) in [6.07, 6.45) is 0. The Labute approximate surface area is 100 Å². The van der Waals surface area contributed by atoms with Crippen LogP contribution in [0.15, 0.2) is 18.2 Å². The van der Waals surface area contributed by atoms with Gasteiger partial charge in [-0.25, -0.2) is 0 Å². The summed E-state index contributed by atoms with van der Waals surface area (Å²) in [6, 6.07) is 5.36. The molecule has 0 aliphatic carbocycles. The predicted octanol–water partition coefficient (Wildman–Crippen LogP) is 4.06. The smallest absolute Gasteiger partial charge is 0.115 e. The maximum absolute atomic E-state index is 8.94. The van der Waals surface area contributed by atoms with Crippen molar-refractivity contribution in [3.05, 3.63) is 29.3 Å². The van der Waals surface area contributed by atoms with Gasteiger partial charge in [0.15, 0.2) is 0 Å².